The van der Waals surface area contributed by atoms with Gasteiger partial charge in [-0.2, -0.15) is 0 Å². The summed E-state index contributed by atoms with van der Waals surface area (Å²) in [7, 11) is 1.26. The monoisotopic (exact) mass is 182 g/mol. The highest BCUT2D eigenvalue weighted by Crippen LogP contribution is 2.14. The lowest BCUT2D eigenvalue weighted by molar-refractivity contribution is 0.187. The van der Waals surface area contributed by atoms with Crippen LogP contribution < -0.4 is 16.8 Å². The molecule has 0 unspecified atom stereocenters. The van der Waals surface area contributed by atoms with Crippen molar-refractivity contribution >= 4 is 23.4 Å². The van der Waals surface area contributed by atoms with Crippen LogP contribution in [0.2, 0.25) is 0 Å². The molecule has 70 valence electrons. The van der Waals surface area contributed by atoms with Crippen molar-refractivity contribution in [2.75, 3.05) is 23.9 Å². The van der Waals surface area contributed by atoms with Gasteiger partial charge in [0.15, 0.2) is 0 Å². The van der Waals surface area contributed by atoms with Gasteiger partial charge in [-0.1, -0.05) is 0 Å². The number of hydrogen-bond acceptors (Lipinski definition) is 5. The Morgan fingerprint density at radius 2 is 2.23 bits per heavy atom. The van der Waals surface area contributed by atoms with Gasteiger partial charge in [0, 0.05) is 0 Å². The van der Waals surface area contributed by atoms with Crippen LogP contribution in [0.4, 0.5) is 22.1 Å². The number of nitrogens with two attached hydrogens (primary N) is 2. The molecule has 6 heteroatoms. The number of ether oxygens (including phenoxy) is 1. The van der Waals surface area contributed by atoms with Crippen molar-refractivity contribution < 1.29 is 9.53 Å². The SMILES string of the molecule is COC(=O)Nc1ccc(N)c(N)n1. The van der Waals surface area contributed by atoms with Crippen molar-refractivity contribution in [2.24, 2.45) is 0 Å². The highest BCUT2D eigenvalue weighted by Gasteiger charge is 2.03. The number of amides is 1. The van der Waals surface area contributed by atoms with E-state index in [-0.39, 0.29) is 5.82 Å². The Hall–Kier alpha value is -1.98. The number of carbonyl (C=O) groups is 1. The summed E-state index contributed by atoms with van der Waals surface area (Å²) in [5, 5.41) is 2.35. The van der Waals surface area contributed by atoms with Gasteiger partial charge in [-0.3, -0.25) is 5.32 Å². The highest BCUT2D eigenvalue weighted by atomic mass is 16.5. The van der Waals surface area contributed by atoms with E-state index in [4.69, 9.17) is 11.5 Å². The lowest BCUT2D eigenvalue weighted by atomic mass is 10.4. The van der Waals surface area contributed by atoms with Crippen molar-refractivity contribution in [3.63, 3.8) is 0 Å². The van der Waals surface area contributed by atoms with Gasteiger partial charge in [-0.05, 0) is 12.1 Å². The first-order valence-corrected chi connectivity index (χ1v) is 3.50. The van der Waals surface area contributed by atoms with Crippen molar-refractivity contribution in [1.82, 2.24) is 4.98 Å². The molecule has 0 aliphatic rings. The predicted molar refractivity (Wildman–Crippen MR) is 49.1 cm³/mol. The summed E-state index contributed by atoms with van der Waals surface area (Å²) in [6.07, 6.45) is -0.600. The lowest BCUT2D eigenvalue weighted by Crippen LogP contribution is -2.12. The summed E-state index contributed by atoms with van der Waals surface area (Å²) in [5.41, 5.74) is 11.2. The quantitative estimate of drug-likeness (QED) is 0.584. The number of nitrogen functional groups attached to an aromatic ring is 2. The van der Waals surface area contributed by atoms with E-state index >= 15 is 0 Å². The van der Waals surface area contributed by atoms with Gasteiger partial charge in [-0.25, -0.2) is 9.78 Å². The van der Waals surface area contributed by atoms with Gasteiger partial charge in [0.05, 0.1) is 12.8 Å². The number of anilines is 3. The third kappa shape index (κ3) is 2.22. The van der Waals surface area contributed by atoms with Crippen molar-refractivity contribution in [3.8, 4) is 0 Å². The number of rotatable bonds is 1. The van der Waals surface area contributed by atoms with Crippen LogP contribution in [0, 0.1) is 0 Å². The molecule has 6 nitrogen and oxygen atoms in total. The van der Waals surface area contributed by atoms with Crippen molar-refractivity contribution in [1.29, 1.82) is 0 Å². The van der Waals surface area contributed by atoms with Crippen LogP contribution in [0.3, 0.4) is 0 Å². The minimum Gasteiger partial charge on any atom is -0.453 e. The maximum absolute atomic E-state index is 10.7. The molecule has 0 aliphatic carbocycles. The van der Waals surface area contributed by atoms with E-state index in [1.165, 1.54) is 13.2 Å². The van der Waals surface area contributed by atoms with E-state index in [9.17, 15) is 4.79 Å². The second-order valence-electron chi connectivity index (χ2n) is 2.29. The molecule has 0 aromatic carbocycles. The maximum Gasteiger partial charge on any atom is 0.412 e. The fraction of sp³-hybridized carbons (Fsp3) is 0.143. The van der Waals surface area contributed by atoms with Crippen LogP contribution in [-0.4, -0.2) is 18.2 Å². The van der Waals surface area contributed by atoms with E-state index in [2.05, 4.69) is 15.0 Å². The molecule has 0 fully saturated rings. The average Bonchev–Trinajstić information content (AvgIpc) is 2.11. The van der Waals surface area contributed by atoms with Gasteiger partial charge >= 0.3 is 6.09 Å². The number of methoxy groups -OCH3 is 1. The number of pyridine rings is 1. The smallest absolute Gasteiger partial charge is 0.412 e. The van der Waals surface area contributed by atoms with E-state index in [1.54, 1.807) is 6.07 Å². The molecule has 1 amide bonds. The van der Waals surface area contributed by atoms with Crippen LogP contribution in [-0.2, 0) is 4.74 Å². The zero-order chi connectivity index (χ0) is 9.84. The van der Waals surface area contributed by atoms with Crippen LogP contribution >= 0.6 is 0 Å². The first kappa shape index (κ1) is 9.11. The number of nitrogens with zero attached hydrogens (tertiary/aromatic N) is 1. The van der Waals surface area contributed by atoms with Gasteiger partial charge in [0.2, 0.25) is 0 Å². The normalized spacial score (nSPS) is 9.31. The summed E-state index contributed by atoms with van der Waals surface area (Å²) in [5.74, 6) is 0.479. The molecule has 1 rings (SSSR count). The van der Waals surface area contributed by atoms with Crippen LogP contribution in [0.1, 0.15) is 0 Å². The second kappa shape index (κ2) is 3.61. The van der Waals surface area contributed by atoms with Gasteiger partial charge in [0.25, 0.3) is 0 Å². The Morgan fingerprint density at radius 1 is 1.54 bits per heavy atom. The van der Waals surface area contributed by atoms with Crippen LogP contribution in [0.25, 0.3) is 0 Å². The Bertz CT molecular complexity index is 326. The van der Waals surface area contributed by atoms with Crippen molar-refractivity contribution in [3.05, 3.63) is 12.1 Å². The van der Waals surface area contributed by atoms with E-state index < -0.39 is 6.09 Å². The molecule has 13 heavy (non-hydrogen) atoms. The fourth-order valence-corrected chi connectivity index (χ4v) is 0.711. The molecule has 0 saturated heterocycles. The third-order valence-corrected chi connectivity index (χ3v) is 1.37. The summed E-state index contributed by atoms with van der Waals surface area (Å²) in [4.78, 5) is 14.5. The highest BCUT2D eigenvalue weighted by molar-refractivity contribution is 5.83. The molecule has 0 aliphatic heterocycles. The van der Waals surface area contributed by atoms with Crippen LogP contribution in [0.15, 0.2) is 12.1 Å². The molecule has 1 aromatic heterocycles. The fourth-order valence-electron chi connectivity index (χ4n) is 0.711. The van der Waals surface area contributed by atoms with Gasteiger partial charge in [-0.15, -0.1) is 0 Å². The molecule has 0 spiro atoms. The summed E-state index contributed by atoms with van der Waals surface area (Å²) >= 11 is 0. The standard InChI is InChI=1S/C7H10N4O2/c1-13-7(12)11-5-3-2-4(8)6(9)10-5/h2-3H,8H2,1H3,(H3,9,10,11,12). The maximum atomic E-state index is 10.7. The number of carbonyl (C=O) groups excluding carboxylic acids is 1. The molecule has 1 heterocycles. The lowest BCUT2D eigenvalue weighted by Gasteiger charge is -2.04. The Kier molecular flexibility index (Phi) is 2.53. The average molecular weight is 182 g/mol. The number of hydrogen-bond donors (Lipinski definition) is 3. The first-order valence-electron chi connectivity index (χ1n) is 3.50. The van der Waals surface area contributed by atoms with Gasteiger partial charge < -0.3 is 16.2 Å². The van der Waals surface area contributed by atoms with E-state index in [0.29, 0.717) is 11.5 Å². The van der Waals surface area contributed by atoms with Crippen LogP contribution in [0.5, 0.6) is 0 Å². The molecule has 0 radical (unpaired) electrons. The molecule has 0 bridgehead atoms. The molecule has 0 saturated carbocycles. The topological polar surface area (TPSA) is 103 Å². The summed E-state index contributed by atoms with van der Waals surface area (Å²) < 4.78 is 4.36. The summed E-state index contributed by atoms with van der Waals surface area (Å²) in [6.45, 7) is 0. The van der Waals surface area contributed by atoms with E-state index in [0.717, 1.165) is 0 Å². The Labute approximate surface area is 74.9 Å². The first-order chi connectivity index (χ1) is 6.13. The molecular formula is C7H10N4O2. The molecule has 0 atom stereocenters. The minimum atomic E-state index is -0.600. The third-order valence-electron chi connectivity index (χ3n) is 1.37. The molecule has 5 N–H and O–H groups in total. The zero-order valence-corrected chi connectivity index (χ0v) is 7.07. The second-order valence-corrected chi connectivity index (χ2v) is 2.29. The Morgan fingerprint density at radius 3 is 2.77 bits per heavy atom. The molecule has 1 aromatic rings. The van der Waals surface area contributed by atoms with Gasteiger partial charge in [0.1, 0.15) is 11.6 Å². The number of nitrogens with one attached hydrogen (secondary N) is 1. The largest absolute Gasteiger partial charge is 0.453 e. The Balaban J connectivity index is 2.79. The van der Waals surface area contributed by atoms with E-state index in [1.807, 2.05) is 0 Å². The summed E-state index contributed by atoms with van der Waals surface area (Å²) in [6, 6.07) is 3.08. The molecular weight excluding hydrogens is 172 g/mol. The minimum absolute atomic E-state index is 0.175. The van der Waals surface area contributed by atoms with Crippen molar-refractivity contribution in [2.45, 2.75) is 0 Å². The predicted octanol–water partition coefficient (Wildman–Crippen LogP) is 0.424. The zero-order valence-electron chi connectivity index (χ0n) is 7.07. The number of aromatic nitrogens is 1.